The Kier molecular flexibility index (Phi) is 4.86. The summed E-state index contributed by atoms with van der Waals surface area (Å²) in [6.07, 6.45) is 5.13. The first-order valence-corrected chi connectivity index (χ1v) is 9.07. The van der Waals surface area contributed by atoms with E-state index in [1.807, 2.05) is 36.4 Å². The summed E-state index contributed by atoms with van der Waals surface area (Å²) in [5.74, 6) is 2.29. The molecule has 5 nitrogen and oxygen atoms in total. The lowest BCUT2D eigenvalue weighted by Crippen LogP contribution is -2.25. The summed E-state index contributed by atoms with van der Waals surface area (Å²) in [6.45, 7) is 0.394. The van der Waals surface area contributed by atoms with Crippen molar-refractivity contribution in [3.63, 3.8) is 0 Å². The number of carbonyl (C=O) groups is 1. The predicted molar refractivity (Wildman–Crippen MR) is 96.5 cm³/mol. The van der Waals surface area contributed by atoms with E-state index in [0.29, 0.717) is 18.9 Å². The molecule has 2 heterocycles. The fourth-order valence-corrected chi connectivity index (χ4v) is 3.15. The Morgan fingerprint density at radius 2 is 2.04 bits per heavy atom. The fraction of sp³-hybridized carbons (Fsp3) is 0.333. The molecule has 0 bridgehead atoms. The molecule has 0 spiro atoms. The van der Waals surface area contributed by atoms with Crippen molar-refractivity contribution in [1.29, 1.82) is 0 Å². The minimum Gasteiger partial charge on any atom is -0.469 e. The molecule has 1 saturated carbocycles. The van der Waals surface area contributed by atoms with Gasteiger partial charge in [-0.05, 0) is 37.0 Å². The molecule has 0 saturated heterocycles. The van der Waals surface area contributed by atoms with Crippen LogP contribution in [0.5, 0.6) is 0 Å². The molecule has 134 valence electrons. The maximum Gasteiger partial charge on any atom is 0.221 e. The van der Waals surface area contributed by atoms with Crippen LogP contribution in [0.4, 0.5) is 0 Å². The predicted octanol–water partition coefficient (Wildman–Crippen LogP) is 4.18. The third-order valence-electron chi connectivity index (χ3n) is 4.73. The van der Waals surface area contributed by atoms with Gasteiger partial charge >= 0.3 is 0 Å². The summed E-state index contributed by atoms with van der Waals surface area (Å²) in [5.41, 5.74) is 1.96. The Balaban J connectivity index is 1.35. The summed E-state index contributed by atoms with van der Waals surface area (Å²) < 4.78 is 10.9. The Morgan fingerprint density at radius 3 is 2.77 bits per heavy atom. The number of carbonyl (C=O) groups excluding carboxylic acids is 1. The number of hydrogen-bond acceptors (Lipinski definition) is 4. The number of nitrogens with one attached hydrogen (secondary N) is 1. The third kappa shape index (κ3) is 4.23. The molecule has 1 aliphatic rings. The molecule has 1 fully saturated rings. The number of aromatic nitrogens is 1. The quantitative estimate of drug-likeness (QED) is 0.662. The van der Waals surface area contributed by atoms with E-state index in [1.54, 1.807) is 6.26 Å². The van der Waals surface area contributed by atoms with Crippen LogP contribution in [0, 0.1) is 0 Å². The van der Waals surface area contributed by atoms with Crippen LogP contribution >= 0.6 is 0 Å². The van der Waals surface area contributed by atoms with Crippen LogP contribution < -0.4 is 5.32 Å². The average molecular weight is 350 g/mol. The van der Waals surface area contributed by atoms with Crippen LogP contribution in [0.15, 0.2) is 63.7 Å². The first kappa shape index (κ1) is 16.6. The zero-order valence-corrected chi connectivity index (χ0v) is 14.6. The molecule has 3 aromatic rings. The van der Waals surface area contributed by atoms with E-state index in [-0.39, 0.29) is 11.8 Å². The summed E-state index contributed by atoms with van der Waals surface area (Å²) in [4.78, 5) is 12.5. The molecule has 2 aromatic heterocycles. The van der Waals surface area contributed by atoms with Crippen molar-refractivity contribution in [2.75, 3.05) is 0 Å². The Hall–Kier alpha value is -2.82. The number of benzene rings is 1. The van der Waals surface area contributed by atoms with E-state index in [0.717, 1.165) is 23.6 Å². The first-order valence-electron chi connectivity index (χ1n) is 9.07. The molecule has 1 N–H and O–H groups in total. The van der Waals surface area contributed by atoms with Gasteiger partial charge in [0, 0.05) is 24.3 Å². The number of nitrogens with zero attached hydrogens (tertiary/aromatic N) is 1. The van der Waals surface area contributed by atoms with E-state index in [9.17, 15) is 4.79 Å². The lowest BCUT2D eigenvalue weighted by molar-refractivity contribution is -0.121. The normalized spacial score (nSPS) is 14.9. The molecule has 5 heteroatoms. The Bertz CT molecular complexity index is 835. The van der Waals surface area contributed by atoms with Gasteiger partial charge in [0.1, 0.15) is 17.2 Å². The molecular weight excluding hydrogens is 328 g/mol. The number of furan rings is 1. The molecule has 1 atom stereocenters. The highest BCUT2D eigenvalue weighted by Gasteiger charge is 2.28. The highest BCUT2D eigenvalue weighted by Crippen LogP contribution is 2.40. The topological polar surface area (TPSA) is 68.3 Å². The molecule has 4 rings (SSSR count). The van der Waals surface area contributed by atoms with E-state index in [2.05, 4.69) is 22.6 Å². The molecule has 1 amide bonds. The third-order valence-corrected chi connectivity index (χ3v) is 4.73. The lowest BCUT2D eigenvalue weighted by atomic mass is 9.93. The van der Waals surface area contributed by atoms with Gasteiger partial charge in [-0.25, -0.2) is 0 Å². The zero-order valence-electron chi connectivity index (χ0n) is 14.6. The second-order valence-corrected chi connectivity index (χ2v) is 6.88. The van der Waals surface area contributed by atoms with Gasteiger partial charge < -0.3 is 14.3 Å². The maximum absolute atomic E-state index is 12.5. The highest BCUT2D eigenvalue weighted by atomic mass is 16.5. The SMILES string of the molecule is O=C(CC(Cc1ccccc1)c1ccco1)NCc1cc(C2CC2)on1. The number of hydrogen-bond donors (Lipinski definition) is 1. The van der Waals surface area contributed by atoms with Crippen LogP contribution in [0.1, 0.15) is 53.9 Å². The number of amides is 1. The summed E-state index contributed by atoms with van der Waals surface area (Å²) in [6, 6.07) is 15.9. The monoisotopic (exact) mass is 350 g/mol. The van der Waals surface area contributed by atoms with Crippen molar-refractivity contribution in [2.45, 2.75) is 44.1 Å². The molecule has 1 aliphatic carbocycles. The molecule has 0 radical (unpaired) electrons. The Labute approximate surface area is 152 Å². The summed E-state index contributed by atoms with van der Waals surface area (Å²) >= 11 is 0. The second-order valence-electron chi connectivity index (χ2n) is 6.88. The lowest BCUT2D eigenvalue weighted by Gasteiger charge is -2.14. The van der Waals surface area contributed by atoms with Crippen molar-refractivity contribution in [2.24, 2.45) is 0 Å². The van der Waals surface area contributed by atoms with Gasteiger partial charge in [-0.2, -0.15) is 0 Å². The van der Waals surface area contributed by atoms with E-state index >= 15 is 0 Å². The standard InChI is InChI=1S/C21H22N2O3/c24-21(22-14-18-13-20(26-23-18)16-8-9-16)12-17(19-7-4-10-25-19)11-15-5-2-1-3-6-15/h1-7,10,13,16-17H,8-9,11-12,14H2,(H,22,24). The van der Waals surface area contributed by atoms with Gasteiger partial charge in [0.05, 0.1) is 12.8 Å². The van der Waals surface area contributed by atoms with E-state index in [1.165, 1.54) is 18.4 Å². The van der Waals surface area contributed by atoms with Crippen LogP contribution in [0.3, 0.4) is 0 Å². The van der Waals surface area contributed by atoms with Crippen molar-refractivity contribution in [3.05, 3.63) is 77.6 Å². The summed E-state index contributed by atoms with van der Waals surface area (Å²) in [7, 11) is 0. The van der Waals surface area contributed by atoms with Crippen molar-refractivity contribution in [3.8, 4) is 0 Å². The molecule has 26 heavy (non-hydrogen) atoms. The van der Waals surface area contributed by atoms with Crippen molar-refractivity contribution >= 4 is 5.91 Å². The van der Waals surface area contributed by atoms with Gasteiger partial charge in [-0.3, -0.25) is 4.79 Å². The fourth-order valence-electron chi connectivity index (χ4n) is 3.15. The molecule has 0 aliphatic heterocycles. The largest absolute Gasteiger partial charge is 0.469 e. The molecule has 1 aromatic carbocycles. The molecular formula is C21H22N2O3. The first-order chi connectivity index (χ1) is 12.8. The van der Waals surface area contributed by atoms with Gasteiger partial charge in [0.15, 0.2) is 0 Å². The smallest absolute Gasteiger partial charge is 0.221 e. The summed E-state index contributed by atoms with van der Waals surface area (Å²) in [5, 5.41) is 6.98. The van der Waals surface area contributed by atoms with Crippen molar-refractivity contribution in [1.82, 2.24) is 10.5 Å². The maximum atomic E-state index is 12.5. The number of rotatable bonds is 8. The minimum atomic E-state index is -0.0155. The average Bonchev–Trinajstić information content (AvgIpc) is 3.17. The van der Waals surface area contributed by atoms with Gasteiger partial charge in [-0.15, -0.1) is 0 Å². The van der Waals surface area contributed by atoms with Crippen molar-refractivity contribution < 1.29 is 13.7 Å². The van der Waals surface area contributed by atoms with Crippen LogP contribution in [-0.2, 0) is 17.8 Å². The van der Waals surface area contributed by atoms with Gasteiger partial charge in [0.2, 0.25) is 5.91 Å². The van der Waals surface area contributed by atoms with Gasteiger partial charge in [0.25, 0.3) is 0 Å². The van der Waals surface area contributed by atoms with E-state index < -0.39 is 0 Å². The van der Waals surface area contributed by atoms with E-state index in [4.69, 9.17) is 8.94 Å². The van der Waals surface area contributed by atoms with Crippen LogP contribution in [-0.4, -0.2) is 11.1 Å². The second kappa shape index (κ2) is 7.60. The highest BCUT2D eigenvalue weighted by molar-refractivity contribution is 5.76. The van der Waals surface area contributed by atoms with Crippen LogP contribution in [0.2, 0.25) is 0 Å². The minimum absolute atomic E-state index is 0.00624. The zero-order chi connectivity index (χ0) is 17.8. The van der Waals surface area contributed by atoms with Gasteiger partial charge in [-0.1, -0.05) is 35.5 Å². The Morgan fingerprint density at radius 1 is 1.19 bits per heavy atom. The molecule has 1 unspecified atom stereocenters. The van der Waals surface area contributed by atoms with Crippen LogP contribution in [0.25, 0.3) is 0 Å².